The van der Waals surface area contributed by atoms with Gasteiger partial charge in [0.2, 0.25) is 0 Å². The average Bonchev–Trinajstić information content (AvgIpc) is 2.78. The number of benzene rings is 2. The lowest BCUT2D eigenvalue weighted by Gasteiger charge is -2.39. The molecule has 4 rings (SSSR count). The first-order valence-electron chi connectivity index (χ1n) is 10.8. The number of rotatable bonds is 6. The zero-order valence-electron chi connectivity index (χ0n) is 18.9. The standard InChI is InChI=1S/C25H25F2N3O4/c1-3-14(2)6-20(28)16-4-5-22(19(27)7-16)33-12-15-10-30(11-15)25(32)17-8-21-23(9-18(17)26)34-13-24(31)29-21/h3-9,15H,10-13,28H2,1-2H3,(H,29,31)/b14-3-,20-6-. The fourth-order valence-electron chi connectivity index (χ4n) is 3.69. The van der Waals surface area contributed by atoms with Gasteiger partial charge in [-0.15, -0.1) is 0 Å². The molecule has 0 bridgehead atoms. The monoisotopic (exact) mass is 469 g/mol. The van der Waals surface area contributed by atoms with Gasteiger partial charge < -0.3 is 25.4 Å². The Morgan fingerprint density at radius 3 is 2.74 bits per heavy atom. The van der Waals surface area contributed by atoms with Crippen molar-refractivity contribution in [2.75, 3.05) is 31.6 Å². The third-order valence-corrected chi connectivity index (χ3v) is 5.76. The molecule has 0 spiro atoms. The van der Waals surface area contributed by atoms with E-state index in [1.165, 1.54) is 23.1 Å². The van der Waals surface area contributed by atoms with E-state index in [1.54, 1.807) is 12.1 Å². The molecular weight excluding hydrogens is 444 g/mol. The van der Waals surface area contributed by atoms with E-state index in [2.05, 4.69) is 5.32 Å². The molecule has 2 aromatic carbocycles. The van der Waals surface area contributed by atoms with Crippen LogP contribution in [-0.4, -0.2) is 43.0 Å². The maximum Gasteiger partial charge on any atom is 0.262 e. The molecule has 178 valence electrons. The number of likely N-dealkylation sites (tertiary alicyclic amines) is 1. The van der Waals surface area contributed by atoms with Crippen molar-refractivity contribution in [3.8, 4) is 11.5 Å². The molecule has 0 aliphatic carbocycles. The fourth-order valence-corrected chi connectivity index (χ4v) is 3.69. The lowest BCUT2D eigenvalue weighted by atomic mass is 9.99. The summed E-state index contributed by atoms with van der Waals surface area (Å²) in [5.41, 5.74) is 8.10. The van der Waals surface area contributed by atoms with Crippen LogP contribution < -0.4 is 20.5 Å². The molecule has 3 N–H and O–H groups in total. The van der Waals surface area contributed by atoms with Crippen LogP contribution in [0.4, 0.5) is 14.5 Å². The zero-order valence-corrected chi connectivity index (χ0v) is 18.9. The largest absolute Gasteiger partial charge is 0.490 e. The van der Waals surface area contributed by atoms with Crippen LogP contribution in [0.5, 0.6) is 11.5 Å². The summed E-state index contributed by atoms with van der Waals surface area (Å²) in [4.78, 5) is 25.6. The number of nitrogens with two attached hydrogens (primary N) is 1. The van der Waals surface area contributed by atoms with Gasteiger partial charge >= 0.3 is 0 Å². The molecule has 0 aromatic heterocycles. The van der Waals surface area contributed by atoms with Crippen LogP contribution in [0.25, 0.3) is 5.70 Å². The van der Waals surface area contributed by atoms with Gasteiger partial charge in [-0.1, -0.05) is 11.6 Å². The molecular formula is C25H25F2N3O4. The molecule has 0 radical (unpaired) electrons. The van der Waals surface area contributed by atoms with E-state index in [0.29, 0.717) is 24.4 Å². The number of hydrogen-bond donors (Lipinski definition) is 2. The predicted molar refractivity (Wildman–Crippen MR) is 123 cm³/mol. The molecule has 1 saturated heterocycles. The van der Waals surface area contributed by atoms with Gasteiger partial charge in [0.25, 0.3) is 11.8 Å². The maximum atomic E-state index is 14.5. The normalized spacial score (nSPS) is 16.4. The van der Waals surface area contributed by atoms with Crippen LogP contribution in [0.1, 0.15) is 29.8 Å². The van der Waals surface area contributed by atoms with Gasteiger partial charge in [0.05, 0.1) is 17.9 Å². The number of ether oxygens (including phenoxy) is 2. The molecule has 2 heterocycles. The highest BCUT2D eigenvalue weighted by Gasteiger charge is 2.34. The van der Waals surface area contributed by atoms with Gasteiger partial charge in [0.15, 0.2) is 18.2 Å². The minimum absolute atomic E-state index is 0.0194. The second-order valence-electron chi connectivity index (χ2n) is 8.33. The summed E-state index contributed by atoms with van der Waals surface area (Å²) in [6, 6.07) is 6.91. The third kappa shape index (κ3) is 4.88. The minimum atomic E-state index is -0.722. The second kappa shape index (κ2) is 9.54. The van der Waals surface area contributed by atoms with Crippen molar-refractivity contribution < 1.29 is 27.8 Å². The van der Waals surface area contributed by atoms with E-state index < -0.39 is 17.5 Å². The molecule has 1 fully saturated rings. The van der Waals surface area contributed by atoms with Crippen molar-refractivity contribution in [1.82, 2.24) is 4.90 Å². The van der Waals surface area contributed by atoms with Gasteiger partial charge in [-0.2, -0.15) is 0 Å². The van der Waals surface area contributed by atoms with Crippen LogP contribution in [0, 0.1) is 17.6 Å². The topological polar surface area (TPSA) is 93.9 Å². The number of nitrogens with one attached hydrogen (secondary N) is 1. The summed E-state index contributed by atoms with van der Waals surface area (Å²) in [5, 5.41) is 2.56. The highest BCUT2D eigenvalue weighted by atomic mass is 19.1. The molecule has 34 heavy (non-hydrogen) atoms. The Labute approximate surface area is 195 Å². The first kappa shape index (κ1) is 23.3. The molecule has 7 nitrogen and oxygen atoms in total. The van der Waals surface area contributed by atoms with Gasteiger partial charge in [-0.25, -0.2) is 8.78 Å². The van der Waals surface area contributed by atoms with E-state index in [4.69, 9.17) is 15.2 Å². The van der Waals surface area contributed by atoms with Gasteiger partial charge in [0, 0.05) is 36.3 Å². The number of fused-ring (bicyclic) bond motifs is 1. The van der Waals surface area contributed by atoms with Crippen molar-refractivity contribution in [2.45, 2.75) is 13.8 Å². The van der Waals surface area contributed by atoms with Crippen LogP contribution in [0.2, 0.25) is 0 Å². The number of carbonyl (C=O) groups excluding carboxylic acids is 2. The molecule has 0 atom stereocenters. The Kier molecular flexibility index (Phi) is 6.54. The highest BCUT2D eigenvalue weighted by Crippen LogP contribution is 2.32. The van der Waals surface area contributed by atoms with E-state index in [1.807, 2.05) is 19.9 Å². The lowest BCUT2D eigenvalue weighted by molar-refractivity contribution is -0.118. The van der Waals surface area contributed by atoms with Crippen LogP contribution in [0.3, 0.4) is 0 Å². The van der Waals surface area contributed by atoms with Crippen molar-refractivity contribution >= 4 is 23.2 Å². The van der Waals surface area contributed by atoms with Gasteiger partial charge in [-0.3, -0.25) is 9.59 Å². The van der Waals surface area contributed by atoms with Gasteiger partial charge in [-0.05, 0) is 44.2 Å². The Morgan fingerprint density at radius 2 is 2.03 bits per heavy atom. The van der Waals surface area contributed by atoms with Crippen molar-refractivity contribution in [3.63, 3.8) is 0 Å². The predicted octanol–water partition coefficient (Wildman–Crippen LogP) is 3.71. The minimum Gasteiger partial charge on any atom is -0.490 e. The van der Waals surface area contributed by atoms with Crippen molar-refractivity contribution in [3.05, 3.63) is 70.8 Å². The Hall–Kier alpha value is -3.88. The summed E-state index contributed by atoms with van der Waals surface area (Å²) in [6.45, 7) is 4.49. The number of hydrogen-bond acceptors (Lipinski definition) is 5. The molecule has 2 aromatic rings. The Bertz CT molecular complexity index is 1200. The third-order valence-electron chi connectivity index (χ3n) is 5.76. The Balaban J connectivity index is 1.33. The number of halogens is 2. The maximum absolute atomic E-state index is 14.5. The van der Waals surface area contributed by atoms with E-state index in [0.717, 1.165) is 11.6 Å². The summed E-state index contributed by atoms with van der Waals surface area (Å²) < 4.78 is 39.6. The van der Waals surface area contributed by atoms with Crippen molar-refractivity contribution in [1.29, 1.82) is 0 Å². The first-order chi connectivity index (χ1) is 16.2. The zero-order chi connectivity index (χ0) is 24.4. The summed E-state index contributed by atoms with van der Waals surface area (Å²) in [7, 11) is 0. The smallest absolute Gasteiger partial charge is 0.262 e. The fraction of sp³-hybridized carbons (Fsp3) is 0.280. The van der Waals surface area contributed by atoms with Crippen LogP contribution >= 0.6 is 0 Å². The molecule has 2 aliphatic rings. The molecule has 9 heteroatoms. The van der Waals surface area contributed by atoms with Crippen LogP contribution in [-0.2, 0) is 4.79 Å². The summed E-state index contributed by atoms with van der Waals surface area (Å²) >= 11 is 0. The molecule has 0 saturated carbocycles. The van der Waals surface area contributed by atoms with E-state index in [-0.39, 0.29) is 47.8 Å². The average molecular weight is 469 g/mol. The molecule has 0 unspecified atom stereocenters. The first-order valence-corrected chi connectivity index (χ1v) is 10.8. The quantitative estimate of drug-likeness (QED) is 0.629. The second-order valence-corrected chi connectivity index (χ2v) is 8.33. The van der Waals surface area contributed by atoms with Crippen molar-refractivity contribution in [2.24, 2.45) is 11.7 Å². The number of carbonyl (C=O) groups is 2. The molecule has 2 amide bonds. The number of nitrogens with zero attached hydrogens (tertiary/aromatic N) is 1. The number of amides is 2. The van der Waals surface area contributed by atoms with Gasteiger partial charge in [0.1, 0.15) is 11.6 Å². The van der Waals surface area contributed by atoms with E-state index in [9.17, 15) is 18.4 Å². The van der Waals surface area contributed by atoms with Crippen LogP contribution in [0.15, 0.2) is 48.1 Å². The highest BCUT2D eigenvalue weighted by molar-refractivity contribution is 6.00. The van der Waals surface area contributed by atoms with E-state index >= 15 is 0 Å². The molecule has 2 aliphatic heterocycles. The summed E-state index contributed by atoms with van der Waals surface area (Å²) in [5.74, 6) is -1.85. The number of allylic oxidation sites excluding steroid dienone is 3. The number of anilines is 1. The Morgan fingerprint density at radius 1 is 1.26 bits per heavy atom. The SMILES string of the molecule is C/C=C(C)\C=C(/N)c1ccc(OCC2CN(C(=O)c3cc4c(cc3F)OCC(=O)N4)C2)c(F)c1. The summed E-state index contributed by atoms with van der Waals surface area (Å²) in [6.07, 6.45) is 3.67. The lowest BCUT2D eigenvalue weighted by Crippen LogP contribution is -2.52.